The van der Waals surface area contributed by atoms with Crippen LogP contribution in [0.2, 0.25) is 0 Å². The van der Waals surface area contributed by atoms with Crippen LogP contribution >= 0.6 is 0 Å². The van der Waals surface area contributed by atoms with E-state index in [4.69, 9.17) is 10.5 Å². The Morgan fingerprint density at radius 3 is 2.95 bits per heavy atom. The lowest BCUT2D eigenvalue weighted by Crippen LogP contribution is -2.07. The van der Waals surface area contributed by atoms with E-state index < -0.39 is 0 Å². The molecule has 0 amide bonds. The quantitative estimate of drug-likeness (QED) is 0.653. The van der Waals surface area contributed by atoms with Crippen LogP contribution in [0.1, 0.15) is 12.0 Å². The molecule has 0 fully saturated rings. The number of hydrogen-bond acceptors (Lipinski definition) is 5. The number of rotatable bonds is 5. The largest absolute Gasteiger partial charge is 0.399 e. The second kappa shape index (κ2) is 5.75. The Labute approximate surface area is 110 Å². The van der Waals surface area contributed by atoms with Gasteiger partial charge in [-0.1, -0.05) is 0 Å². The van der Waals surface area contributed by atoms with Gasteiger partial charge in [-0.05, 0) is 41.5 Å². The molecule has 0 atom stereocenters. The van der Waals surface area contributed by atoms with Crippen LogP contribution in [0.15, 0.2) is 12.1 Å². The molecule has 0 saturated heterocycles. The number of aromatic nitrogens is 4. The SMILES string of the molecule is COCCCn1nnnc1-c1cc(N)cc(C)c1F. The Bertz CT molecular complexity index is 569. The minimum atomic E-state index is -0.350. The maximum atomic E-state index is 14.1. The molecule has 0 aliphatic heterocycles. The molecule has 1 aromatic heterocycles. The lowest BCUT2D eigenvalue weighted by Gasteiger charge is -2.08. The third kappa shape index (κ3) is 2.87. The third-order valence-electron chi connectivity index (χ3n) is 2.77. The average Bonchev–Trinajstić information content (AvgIpc) is 2.82. The van der Waals surface area contributed by atoms with E-state index in [1.54, 1.807) is 30.8 Å². The highest BCUT2D eigenvalue weighted by Crippen LogP contribution is 2.25. The number of anilines is 1. The van der Waals surface area contributed by atoms with Gasteiger partial charge in [-0.3, -0.25) is 0 Å². The summed E-state index contributed by atoms with van der Waals surface area (Å²) in [7, 11) is 1.63. The molecule has 2 rings (SSSR count). The highest BCUT2D eigenvalue weighted by molar-refractivity contribution is 5.63. The fourth-order valence-electron chi connectivity index (χ4n) is 1.87. The lowest BCUT2D eigenvalue weighted by molar-refractivity contribution is 0.189. The van der Waals surface area contributed by atoms with Crippen LogP contribution < -0.4 is 5.73 Å². The van der Waals surface area contributed by atoms with Gasteiger partial charge in [-0.2, -0.15) is 0 Å². The van der Waals surface area contributed by atoms with Gasteiger partial charge in [-0.25, -0.2) is 9.07 Å². The highest BCUT2D eigenvalue weighted by atomic mass is 19.1. The van der Waals surface area contributed by atoms with Gasteiger partial charge in [0.25, 0.3) is 0 Å². The van der Waals surface area contributed by atoms with E-state index in [0.717, 1.165) is 6.42 Å². The molecular weight excluding hydrogens is 249 g/mol. The van der Waals surface area contributed by atoms with Gasteiger partial charge in [0, 0.05) is 25.9 Å². The van der Waals surface area contributed by atoms with Crippen LogP contribution in [0, 0.1) is 12.7 Å². The Balaban J connectivity index is 2.34. The minimum absolute atomic E-state index is 0.319. The molecule has 1 aromatic carbocycles. The summed E-state index contributed by atoms with van der Waals surface area (Å²) in [6.45, 7) is 2.81. The van der Waals surface area contributed by atoms with Crippen molar-refractivity contribution in [2.75, 3.05) is 19.5 Å². The van der Waals surface area contributed by atoms with Crippen LogP contribution in [0.25, 0.3) is 11.4 Å². The summed E-state index contributed by atoms with van der Waals surface area (Å²) in [4.78, 5) is 0. The maximum Gasteiger partial charge on any atom is 0.185 e. The zero-order chi connectivity index (χ0) is 13.8. The van der Waals surface area contributed by atoms with Crippen molar-refractivity contribution in [2.45, 2.75) is 19.9 Å². The molecule has 0 saturated carbocycles. The average molecular weight is 265 g/mol. The van der Waals surface area contributed by atoms with Crippen molar-refractivity contribution in [3.8, 4) is 11.4 Å². The first-order valence-corrected chi connectivity index (χ1v) is 5.94. The number of hydrogen-bond donors (Lipinski definition) is 1. The molecule has 0 spiro atoms. The Morgan fingerprint density at radius 2 is 2.21 bits per heavy atom. The monoisotopic (exact) mass is 265 g/mol. The van der Waals surface area contributed by atoms with Crippen molar-refractivity contribution in [1.82, 2.24) is 20.2 Å². The number of nitrogens with two attached hydrogens (primary N) is 1. The first-order valence-electron chi connectivity index (χ1n) is 5.94. The number of aryl methyl sites for hydroxylation is 2. The maximum absolute atomic E-state index is 14.1. The van der Waals surface area contributed by atoms with Crippen molar-refractivity contribution in [2.24, 2.45) is 0 Å². The first kappa shape index (κ1) is 13.4. The number of nitrogens with zero attached hydrogens (tertiary/aromatic N) is 4. The molecule has 0 aliphatic rings. The van der Waals surface area contributed by atoms with Gasteiger partial charge in [0.1, 0.15) is 5.82 Å². The summed E-state index contributed by atoms with van der Waals surface area (Å²) < 4.78 is 20.6. The molecule has 7 heteroatoms. The van der Waals surface area contributed by atoms with Crippen LogP contribution in [-0.4, -0.2) is 33.9 Å². The number of halogens is 1. The summed E-state index contributed by atoms with van der Waals surface area (Å²) in [6, 6.07) is 3.12. The van der Waals surface area contributed by atoms with Crippen LogP contribution in [-0.2, 0) is 11.3 Å². The van der Waals surface area contributed by atoms with E-state index in [0.29, 0.717) is 35.8 Å². The second-order valence-electron chi connectivity index (χ2n) is 4.27. The van der Waals surface area contributed by atoms with Crippen LogP contribution in [0.5, 0.6) is 0 Å². The van der Waals surface area contributed by atoms with E-state index in [1.807, 2.05) is 0 Å². The van der Waals surface area contributed by atoms with Gasteiger partial charge in [0.15, 0.2) is 5.82 Å². The number of tetrazole rings is 1. The van der Waals surface area contributed by atoms with Gasteiger partial charge >= 0.3 is 0 Å². The van der Waals surface area contributed by atoms with Gasteiger partial charge in [-0.15, -0.1) is 5.10 Å². The molecule has 1 heterocycles. The molecule has 19 heavy (non-hydrogen) atoms. The van der Waals surface area contributed by atoms with Crippen molar-refractivity contribution in [1.29, 1.82) is 0 Å². The molecule has 6 nitrogen and oxygen atoms in total. The summed E-state index contributed by atoms with van der Waals surface area (Å²) in [5, 5.41) is 11.3. The summed E-state index contributed by atoms with van der Waals surface area (Å²) in [5.41, 5.74) is 7.02. The zero-order valence-electron chi connectivity index (χ0n) is 10.9. The number of nitrogen functional groups attached to an aromatic ring is 1. The number of methoxy groups -OCH3 is 1. The molecule has 2 aromatic rings. The normalized spacial score (nSPS) is 10.9. The van der Waals surface area contributed by atoms with Crippen molar-refractivity contribution in [3.63, 3.8) is 0 Å². The van der Waals surface area contributed by atoms with E-state index in [9.17, 15) is 4.39 Å². The smallest absolute Gasteiger partial charge is 0.185 e. The predicted octanol–water partition coefficient (Wildman–Crippen LogP) is 1.41. The molecule has 0 unspecified atom stereocenters. The molecule has 0 bridgehead atoms. The Hall–Kier alpha value is -2.02. The topological polar surface area (TPSA) is 78.8 Å². The zero-order valence-corrected chi connectivity index (χ0v) is 10.9. The predicted molar refractivity (Wildman–Crippen MR) is 68.9 cm³/mol. The summed E-state index contributed by atoms with van der Waals surface area (Å²) in [5.74, 6) is 0.0287. The number of ether oxygens (including phenoxy) is 1. The Morgan fingerprint density at radius 1 is 1.42 bits per heavy atom. The lowest BCUT2D eigenvalue weighted by atomic mass is 10.1. The van der Waals surface area contributed by atoms with Crippen LogP contribution in [0.3, 0.4) is 0 Å². The van der Waals surface area contributed by atoms with Crippen molar-refractivity contribution >= 4 is 5.69 Å². The van der Waals surface area contributed by atoms with Crippen molar-refractivity contribution < 1.29 is 9.13 Å². The summed E-state index contributed by atoms with van der Waals surface area (Å²) in [6.07, 6.45) is 0.747. The fraction of sp³-hybridized carbons (Fsp3) is 0.417. The van der Waals surface area contributed by atoms with Gasteiger partial charge < -0.3 is 10.5 Å². The van der Waals surface area contributed by atoms with E-state index in [-0.39, 0.29) is 5.82 Å². The Kier molecular flexibility index (Phi) is 4.06. The van der Waals surface area contributed by atoms with Crippen LogP contribution in [0.4, 0.5) is 10.1 Å². The highest BCUT2D eigenvalue weighted by Gasteiger charge is 2.15. The number of benzene rings is 1. The van der Waals surface area contributed by atoms with Gasteiger partial charge in [0.05, 0.1) is 5.56 Å². The summed E-state index contributed by atoms with van der Waals surface area (Å²) >= 11 is 0. The standard InChI is InChI=1S/C12H16FN5O/c1-8-6-9(14)7-10(11(8)13)12-15-16-17-18(12)4-3-5-19-2/h6-7H,3-5,14H2,1-2H3. The fourth-order valence-corrected chi connectivity index (χ4v) is 1.87. The molecular formula is C12H16FN5O. The van der Waals surface area contributed by atoms with E-state index in [1.165, 1.54) is 0 Å². The molecule has 0 radical (unpaired) electrons. The molecule has 0 aliphatic carbocycles. The van der Waals surface area contributed by atoms with E-state index >= 15 is 0 Å². The van der Waals surface area contributed by atoms with Crippen molar-refractivity contribution in [3.05, 3.63) is 23.5 Å². The van der Waals surface area contributed by atoms with E-state index in [2.05, 4.69) is 15.5 Å². The molecule has 102 valence electrons. The minimum Gasteiger partial charge on any atom is -0.399 e. The molecule has 2 N–H and O–H groups in total. The van der Waals surface area contributed by atoms with Gasteiger partial charge in [0.2, 0.25) is 0 Å². The second-order valence-corrected chi connectivity index (χ2v) is 4.27. The first-order chi connectivity index (χ1) is 9.13. The third-order valence-corrected chi connectivity index (χ3v) is 2.77.